The van der Waals surface area contributed by atoms with E-state index in [0.29, 0.717) is 11.8 Å². The molecule has 3 fully saturated rings. The molecule has 118 valence electrons. The molecule has 3 rings (SSSR count). The van der Waals surface area contributed by atoms with Crippen LogP contribution in [0.5, 0.6) is 0 Å². The third-order valence-electron chi connectivity index (χ3n) is 4.91. The maximum absolute atomic E-state index is 12.9. The van der Waals surface area contributed by atoms with Gasteiger partial charge in [-0.15, -0.1) is 11.8 Å². The van der Waals surface area contributed by atoms with Crippen LogP contribution in [0.3, 0.4) is 0 Å². The zero-order valence-corrected chi connectivity index (χ0v) is 13.4. The highest BCUT2D eigenvalue weighted by molar-refractivity contribution is 8.00. The number of hydrogen-bond donors (Lipinski definition) is 1. The molecular formula is C14H23N3O3S. The number of nitrogens with zero attached hydrogens (tertiary/aromatic N) is 3. The van der Waals surface area contributed by atoms with Crippen LogP contribution in [0, 0.1) is 0 Å². The quantitative estimate of drug-likeness (QED) is 0.786. The SMILES string of the molecule is CC1CN2CCCC2CN1C(=O)N1C(C)SCC1C(=O)O. The molecule has 7 heteroatoms. The van der Waals surface area contributed by atoms with Crippen LogP contribution in [0.4, 0.5) is 4.79 Å². The smallest absolute Gasteiger partial charge is 0.327 e. The first kappa shape index (κ1) is 15.0. The molecule has 6 nitrogen and oxygen atoms in total. The first-order chi connectivity index (χ1) is 9.99. The summed E-state index contributed by atoms with van der Waals surface area (Å²) in [6.07, 6.45) is 2.34. The van der Waals surface area contributed by atoms with E-state index in [-0.39, 0.29) is 17.4 Å². The zero-order valence-electron chi connectivity index (χ0n) is 12.6. The Kier molecular flexibility index (Phi) is 4.05. The lowest BCUT2D eigenvalue weighted by Gasteiger charge is -2.44. The molecule has 0 aromatic carbocycles. The number of hydrogen-bond acceptors (Lipinski definition) is 4. The molecule has 3 heterocycles. The predicted octanol–water partition coefficient (Wildman–Crippen LogP) is 1.12. The lowest BCUT2D eigenvalue weighted by atomic mass is 10.1. The number of fused-ring (bicyclic) bond motifs is 1. The molecule has 3 aliphatic heterocycles. The third-order valence-corrected chi connectivity index (χ3v) is 6.13. The fourth-order valence-corrected chi connectivity index (χ4v) is 4.89. The van der Waals surface area contributed by atoms with E-state index in [1.807, 2.05) is 11.8 Å². The van der Waals surface area contributed by atoms with Crippen molar-refractivity contribution in [1.82, 2.24) is 14.7 Å². The van der Waals surface area contributed by atoms with Gasteiger partial charge in [-0.05, 0) is 33.2 Å². The van der Waals surface area contributed by atoms with Gasteiger partial charge >= 0.3 is 12.0 Å². The average molecular weight is 313 g/mol. The van der Waals surface area contributed by atoms with E-state index >= 15 is 0 Å². The van der Waals surface area contributed by atoms with E-state index in [2.05, 4.69) is 11.8 Å². The Hall–Kier alpha value is -0.950. The van der Waals surface area contributed by atoms with Crippen LogP contribution < -0.4 is 0 Å². The Morgan fingerprint density at radius 1 is 1.24 bits per heavy atom. The van der Waals surface area contributed by atoms with Crippen LogP contribution in [0.1, 0.15) is 26.7 Å². The van der Waals surface area contributed by atoms with E-state index in [0.717, 1.165) is 26.1 Å². The maximum atomic E-state index is 12.9. The number of aliphatic carboxylic acids is 1. The number of thioether (sulfide) groups is 1. The Bertz CT molecular complexity index is 447. The third kappa shape index (κ3) is 2.61. The minimum absolute atomic E-state index is 0.0626. The highest BCUT2D eigenvalue weighted by atomic mass is 32.2. The molecule has 3 saturated heterocycles. The zero-order chi connectivity index (χ0) is 15.1. The van der Waals surface area contributed by atoms with Crippen molar-refractivity contribution >= 4 is 23.8 Å². The molecule has 1 N–H and O–H groups in total. The van der Waals surface area contributed by atoms with Gasteiger partial charge in [0.15, 0.2) is 0 Å². The average Bonchev–Trinajstić information content (AvgIpc) is 3.02. The molecule has 21 heavy (non-hydrogen) atoms. The van der Waals surface area contributed by atoms with Gasteiger partial charge in [-0.3, -0.25) is 9.80 Å². The molecule has 0 spiro atoms. The van der Waals surface area contributed by atoms with Crippen LogP contribution in [0.15, 0.2) is 0 Å². The van der Waals surface area contributed by atoms with Gasteiger partial charge in [-0.25, -0.2) is 9.59 Å². The van der Waals surface area contributed by atoms with E-state index in [1.54, 1.807) is 16.7 Å². The maximum Gasteiger partial charge on any atom is 0.327 e. The van der Waals surface area contributed by atoms with E-state index in [4.69, 9.17) is 0 Å². The molecule has 4 atom stereocenters. The van der Waals surface area contributed by atoms with Crippen LogP contribution in [-0.2, 0) is 4.79 Å². The number of amides is 2. The first-order valence-corrected chi connectivity index (χ1v) is 8.71. The molecule has 4 unspecified atom stereocenters. The van der Waals surface area contributed by atoms with Crippen molar-refractivity contribution in [2.75, 3.05) is 25.4 Å². The van der Waals surface area contributed by atoms with Crippen molar-refractivity contribution in [1.29, 1.82) is 0 Å². The second kappa shape index (κ2) is 5.68. The summed E-state index contributed by atoms with van der Waals surface area (Å²) in [4.78, 5) is 30.2. The van der Waals surface area contributed by atoms with Crippen molar-refractivity contribution < 1.29 is 14.7 Å². The fraction of sp³-hybridized carbons (Fsp3) is 0.857. The second-order valence-electron chi connectivity index (χ2n) is 6.27. The number of carbonyl (C=O) groups is 2. The number of carboxylic acid groups (broad SMARTS) is 1. The minimum atomic E-state index is -0.896. The van der Waals surface area contributed by atoms with E-state index in [1.165, 1.54) is 6.42 Å². The van der Waals surface area contributed by atoms with Gasteiger partial charge in [0.25, 0.3) is 0 Å². The summed E-state index contributed by atoms with van der Waals surface area (Å²) in [5, 5.41) is 9.27. The van der Waals surface area contributed by atoms with Crippen molar-refractivity contribution in [2.45, 2.75) is 50.2 Å². The van der Waals surface area contributed by atoms with Crippen LogP contribution in [-0.4, -0.2) is 80.7 Å². The Morgan fingerprint density at radius 2 is 2.00 bits per heavy atom. The van der Waals surface area contributed by atoms with Crippen molar-refractivity contribution in [2.24, 2.45) is 0 Å². The topological polar surface area (TPSA) is 64.1 Å². The van der Waals surface area contributed by atoms with Crippen LogP contribution in [0.25, 0.3) is 0 Å². The van der Waals surface area contributed by atoms with Gasteiger partial charge in [0, 0.05) is 30.9 Å². The Labute approximate surface area is 129 Å². The standard InChI is InChI=1S/C14H23N3O3S/c1-9-6-15-5-3-4-11(15)7-16(9)14(20)17-10(2)21-8-12(17)13(18)19/h9-12H,3-8H2,1-2H3,(H,18,19). The molecule has 0 aliphatic carbocycles. The highest BCUT2D eigenvalue weighted by Crippen LogP contribution is 2.32. The monoisotopic (exact) mass is 313 g/mol. The number of carbonyl (C=O) groups excluding carboxylic acids is 1. The molecule has 0 radical (unpaired) electrons. The summed E-state index contributed by atoms with van der Waals surface area (Å²) in [5.74, 6) is -0.410. The normalized spacial score (nSPS) is 36.9. The summed E-state index contributed by atoms with van der Waals surface area (Å²) in [6, 6.07) is -0.177. The second-order valence-corrected chi connectivity index (χ2v) is 7.62. The lowest BCUT2D eigenvalue weighted by Crippen LogP contribution is -2.61. The largest absolute Gasteiger partial charge is 0.480 e. The van der Waals surface area contributed by atoms with Crippen molar-refractivity contribution in [3.8, 4) is 0 Å². The van der Waals surface area contributed by atoms with Gasteiger partial charge in [0.1, 0.15) is 6.04 Å². The summed E-state index contributed by atoms with van der Waals surface area (Å²) < 4.78 is 0. The summed E-state index contributed by atoms with van der Waals surface area (Å²) in [6.45, 7) is 6.76. The molecule has 0 saturated carbocycles. The number of piperazine rings is 1. The molecule has 0 aromatic heterocycles. The van der Waals surface area contributed by atoms with Crippen LogP contribution in [0.2, 0.25) is 0 Å². The first-order valence-electron chi connectivity index (χ1n) is 7.66. The number of urea groups is 1. The van der Waals surface area contributed by atoms with Gasteiger partial charge in [-0.2, -0.15) is 0 Å². The Morgan fingerprint density at radius 3 is 2.71 bits per heavy atom. The summed E-state index contributed by atoms with van der Waals surface area (Å²) in [5.41, 5.74) is 0. The fourth-order valence-electron chi connectivity index (χ4n) is 3.73. The van der Waals surface area contributed by atoms with Crippen molar-refractivity contribution in [3.05, 3.63) is 0 Å². The molecule has 3 aliphatic rings. The molecule has 2 amide bonds. The van der Waals surface area contributed by atoms with Gasteiger partial charge in [0.05, 0.1) is 5.37 Å². The van der Waals surface area contributed by atoms with Gasteiger partial charge < -0.3 is 10.0 Å². The number of carboxylic acids is 1. The van der Waals surface area contributed by atoms with Crippen molar-refractivity contribution in [3.63, 3.8) is 0 Å². The minimum Gasteiger partial charge on any atom is -0.480 e. The number of rotatable bonds is 1. The lowest BCUT2D eigenvalue weighted by molar-refractivity contribution is -0.141. The van der Waals surface area contributed by atoms with Gasteiger partial charge in [-0.1, -0.05) is 0 Å². The molecule has 0 bridgehead atoms. The molecule has 0 aromatic rings. The summed E-state index contributed by atoms with van der Waals surface area (Å²) in [7, 11) is 0. The Balaban J connectivity index is 1.75. The van der Waals surface area contributed by atoms with E-state index in [9.17, 15) is 14.7 Å². The summed E-state index contributed by atoms with van der Waals surface area (Å²) >= 11 is 1.54. The van der Waals surface area contributed by atoms with E-state index < -0.39 is 12.0 Å². The van der Waals surface area contributed by atoms with Gasteiger partial charge in [0.2, 0.25) is 0 Å². The van der Waals surface area contributed by atoms with Crippen LogP contribution >= 0.6 is 11.8 Å². The predicted molar refractivity (Wildman–Crippen MR) is 81.3 cm³/mol. The highest BCUT2D eigenvalue weighted by Gasteiger charge is 2.44. The molecular weight excluding hydrogens is 290 g/mol.